The highest BCUT2D eigenvalue weighted by atomic mass is 16.5. The van der Waals surface area contributed by atoms with Crippen LogP contribution in [0.1, 0.15) is 33.1 Å². The van der Waals surface area contributed by atoms with Gasteiger partial charge in [0.15, 0.2) is 0 Å². The van der Waals surface area contributed by atoms with E-state index in [0.29, 0.717) is 6.61 Å². The number of nitrogens with one attached hydrogen (secondary N) is 2. The molecule has 0 bridgehead atoms. The topological polar surface area (TPSA) is 76.7 Å². The van der Waals surface area contributed by atoms with E-state index in [2.05, 4.69) is 15.4 Å². The van der Waals surface area contributed by atoms with Crippen molar-refractivity contribution in [1.82, 2.24) is 10.6 Å². The van der Waals surface area contributed by atoms with Crippen LogP contribution in [0.4, 0.5) is 4.79 Å². The lowest BCUT2D eigenvalue weighted by Crippen LogP contribution is -2.42. The van der Waals surface area contributed by atoms with E-state index >= 15 is 0 Å². The summed E-state index contributed by atoms with van der Waals surface area (Å²) in [5.74, 6) is -0.0881. The van der Waals surface area contributed by atoms with Crippen molar-refractivity contribution < 1.29 is 19.1 Å². The summed E-state index contributed by atoms with van der Waals surface area (Å²) in [5.41, 5.74) is 0. The lowest BCUT2D eigenvalue weighted by atomic mass is 10.1. The molecule has 0 aliphatic carbocycles. The Morgan fingerprint density at radius 1 is 1.50 bits per heavy atom. The molecule has 0 aromatic rings. The number of rotatable bonds is 6. The van der Waals surface area contributed by atoms with Crippen LogP contribution in [0.2, 0.25) is 0 Å². The first kappa shape index (κ1) is 14.8. The second-order valence-electron chi connectivity index (χ2n) is 4.30. The van der Waals surface area contributed by atoms with Crippen molar-refractivity contribution >= 4 is 12.0 Å². The van der Waals surface area contributed by atoms with Crippen LogP contribution in [-0.4, -0.2) is 43.9 Å². The Bertz CT molecular complexity index is 277. The van der Waals surface area contributed by atoms with Gasteiger partial charge in [-0.05, 0) is 26.7 Å². The van der Waals surface area contributed by atoms with Gasteiger partial charge in [-0.3, -0.25) is 4.79 Å². The van der Waals surface area contributed by atoms with E-state index in [4.69, 9.17) is 4.74 Å². The molecular formula is C12H22N2O4. The predicted molar refractivity (Wildman–Crippen MR) is 66.2 cm³/mol. The average Bonchev–Trinajstić information content (AvgIpc) is 2.82. The van der Waals surface area contributed by atoms with Crippen molar-refractivity contribution in [3.05, 3.63) is 0 Å². The zero-order chi connectivity index (χ0) is 13.4. The summed E-state index contributed by atoms with van der Waals surface area (Å²) >= 11 is 0. The SMILES string of the molecule is CCOC(=O)NCCC(=O)NC(C)C1CCCO1. The van der Waals surface area contributed by atoms with Crippen molar-refractivity contribution in [1.29, 1.82) is 0 Å². The number of hydrogen-bond acceptors (Lipinski definition) is 4. The first-order valence-corrected chi connectivity index (χ1v) is 6.45. The fourth-order valence-corrected chi connectivity index (χ4v) is 1.88. The molecule has 1 heterocycles. The van der Waals surface area contributed by atoms with Gasteiger partial charge in [-0.1, -0.05) is 0 Å². The van der Waals surface area contributed by atoms with E-state index in [1.54, 1.807) is 6.92 Å². The van der Waals surface area contributed by atoms with E-state index in [-0.39, 0.29) is 31.0 Å². The molecule has 1 aliphatic rings. The molecule has 1 aliphatic heterocycles. The summed E-state index contributed by atoms with van der Waals surface area (Å²) in [7, 11) is 0. The maximum Gasteiger partial charge on any atom is 0.407 e. The molecule has 2 atom stereocenters. The van der Waals surface area contributed by atoms with Crippen LogP contribution in [0, 0.1) is 0 Å². The predicted octanol–water partition coefficient (Wildman–Crippen LogP) is 0.806. The molecule has 0 saturated carbocycles. The Balaban J connectivity index is 2.11. The molecule has 1 rings (SSSR count). The fraction of sp³-hybridized carbons (Fsp3) is 0.833. The van der Waals surface area contributed by atoms with Crippen LogP contribution in [0.15, 0.2) is 0 Å². The number of carbonyl (C=O) groups excluding carboxylic acids is 2. The third-order valence-corrected chi connectivity index (χ3v) is 2.81. The maximum absolute atomic E-state index is 11.6. The van der Waals surface area contributed by atoms with Gasteiger partial charge in [0, 0.05) is 19.6 Å². The monoisotopic (exact) mass is 258 g/mol. The van der Waals surface area contributed by atoms with Gasteiger partial charge in [-0.15, -0.1) is 0 Å². The van der Waals surface area contributed by atoms with Gasteiger partial charge in [-0.2, -0.15) is 0 Å². The largest absolute Gasteiger partial charge is 0.450 e. The normalized spacial score (nSPS) is 20.2. The molecule has 1 fully saturated rings. The Morgan fingerprint density at radius 3 is 2.89 bits per heavy atom. The summed E-state index contributed by atoms with van der Waals surface area (Å²) in [6, 6.07) is 0.0163. The molecule has 0 radical (unpaired) electrons. The Hall–Kier alpha value is -1.30. The average molecular weight is 258 g/mol. The molecule has 0 aromatic carbocycles. The molecule has 0 aromatic heterocycles. The molecule has 6 heteroatoms. The van der Waals surface area contributed by atoms with Crippen molar-refractivity contribution in [2.24, 2.45) is 0 Å². The van der Waals surface area contributed by atoms with Crippen LogP contribution in [0.5, 0.6) is 0 Å². The standard InChI is InChI=1S/C12H22N2O4/c1-3-17-12(16)13-7-6-11(15)14-9(2)10-5-4-8-18-10/h9-10H,3-8H2,1-2H3,(H,13,16)(H,14,15). The van der Waals surface area contributed by atoms with Crippen molar-refractivity contribution in [2.45, 2.75) is 45.3 Å². The first-order valence-electron chi connectivity index (χ1n) is 6.45. The lowest BCUT2D eigenvalue weighted by molar-refractivity contribution is -0.122. The van der Waals surface area contributed by atoms with Crippen molar-refractivity contribution in [3.8, 4) is 0 Å². The molecule has 104 valence electrons. The number of carbonyl (C=O) groups is 2. The van der Waals surface area contributed by atoms with Crippen LogP contribution in [0.25, 0.3) is 0 Å². The van der Waals surface area contributed by atoms with E-state index < -0.39 is 6.09 Å². The quantitative estimate of drug-likeness (QED) is 0.739. The van der Waals surface area contributed by atoms with Gasteiger partial charge in [0.25, 0.3) is 0 Å². The zero-order valence-electron chi connectivity index (χ0n) is 11.0. The Kier molecular flexibility index (Phi) is 6.49. The van der Waals surface area contributed by atoms with Gasteiger partial charge in [-0.25, -0.2) is 4.79 Å². The van der Waals surface area contributed by atoms with E-state index in [1.807, 2.05) is 6.92 Å². The molecule has 0 spiro atoms. The fourth-order valence-electron chi connectivity index (χ4n) is 1.88. The second-order valence-corrected chi connectivity index (χ2v) is 4.30. The van der Waals surface area contributed by atoms with Crippen LogP contribution in [-0.2, 0) is 14.3 Å². The summed E-state index contributed by atoms with van der Waals surface area (Å²) in [4.78, 5) is 22.6. The van der Waals surface area contributed by atoms with E-state index in [1.165, 1.54) is 0 Å². The molecule has 2 unspecified atom stereocenters. The Labute approximate surface area is 107 Å². The molecule has 6 nitrogen and oxygen atoms in total. The highest BCUT2D eigenvalue weighted by Gasteiger charge is 2.23. The molecule has 18 heavy (non-hydrogen) atoms. The van der Waals surface area contributed by atoms with Gasteiger partial charge < -0.3 is 20.1 Å². The summed E-state index contributed by atoms with van der Waals surface area (Å²) in [5, 5.41) is 5.38. The van der Waals surface area contributed by atoms with Crippen LogP contribution < -0.4 is 10.6 Å². The van der Waals surface area contributed by atoms with Gasteiger partial charge >= 0.3 is 6.09 Å². The smallest absolute Gasteiger partial charge is 0.407 e. The van der Waals surface area contributed by atoms with Gasteiger partial charge in [0.05, 0.1) is 18.8 Å². The first-order chi connectivity index (χ1) is 8.63. The van der Waals surface area contributed by atoms with Crippen molar-refractivity contribution in [2.75, 3.05) is 19.8 Å². The number of ether oxygens (including phenoxy) is 2. The molecule has 1 saturated heterocycles. The maximum atomic E-state index is 11.6. The Morgan fingerprint density at radius 2 is 2.28 bits per heavy atom. The highest BCUT2D eigenvalue weighted by molar-refractivity contribution is 5.77. The molecular weight excluding hydrogens is 236 g/mol. The number of hydrogen-bond donors (Lipinski definition) is 2. The minimum absolute atomic E-state index is 0.0163. The number of alkyl carbamates (subject to hydrolysis) is 1. The van der Waals surface area contributed by atoms with Crippen LogP contribution in [0.3, 0.4) is 0 Å². The third-order valence-electron chi connectivity index (χ3n) is 2.81. The number of amides is 2. The molecule has 2 N–H and O–H groups in total. The minimum Gasteiger partial charge on any atom is -0.450 e. The zero-order valence-corrected chi connectivity index (χ0v) is 11.0. The highest BCUT2D eigenvalue weighted by Crippen LogP contribution is 2.15. The molecule has 2 amide bonds. The minimum atomic E-state index is -0.488. The van der Waals surface area contributed by atoms with Gasteiger partial charge in [0.2, 0.25) is 5.91 Å². The van der Waals surface area contributed by atoms with E-state index in [9.17, 15) is 9.59 Å². The van der Waals surface area contributed by atoms with Crippen molar-refractivity contribution in [3.63, 3.8) is 0 Å². The second kappa shape index (κ2) is 7.92. The van der Waals surface area contributed by atoms with Gasteiger partial charge in [0.1, 0.15) is 0 Å². The summed E-state index contributed by atoms with van der Waals surface area (Å²) in [6.45, 7) is 5.05. The summed E-state index contributed by atoms with van der Waals surface area (Å²) < 4.78 is 10.2. The van der Waals surface area contributed by atoms with Crippen LogP contribution >= 0.6 is 0 Å². The lowest BCUT2D eigenvalue weighted by Gasteiger charge is -2.19. The van der Waals surface area contributed by atoms with E-state index in [0.717, 1.165) is 19.4 Å². The summed E-state index contributed by atoms with van der Waals surface area (Å²) in [6.07, 6.45) is 1.91. The third kappa shape index (κ3) is 5.35.